The van der Waals surface area contributed by atoms with E-state index < -0.39 is 5.97 Å². The minimum atomic E-state index is -0.727. The Hall–Kier alpha value is -1.10. The highest BCUT2D eigenvalue weighted by molar-refractivity contribution is 5.79. The second-order valence-electron chi connectivity index (χ2n) is 6.65. The maximum absolute atomic E-state index is 12.1. The molecule has 5 nitrogen and oxygen atoms in total. The Bertz CT molecular complexity index is 368. The highest BCUT2D eigenvalue weighted by atomic mass is 16.4. The summed E-state index contributed by atoms with van der Waals surface area (Å²) in [6, 6.07) is 0.0624. The topological polar surface area (TPSA) is 78.4 Å². The molecule has 4 atom stereocenters. The van der Waals surface area contributed by atoms with E-state index >= 15 is 0 Å². The van der Waals surface area contributed by atoms with Crippen molar-refractivity contribution in [2.75, 3.05) is 13.6 Å². The molecule has 0 radical (unpaired) electrons. The molecule has 0 aliphatic heterocycles. The summed E-state index contributed by atoms with van der Waals surface area (Å²) in [5.74, 6) is -0.952. The summed E-state index contributed by atoms with van der Waals surface area (Å²) in [5, 5.41) is 15.4. The molecule has 0 saturated heterocycles. The summed E-state index contributed by atoms with van der Waals surface area (Å²) in [5.41, 5.74) is -0.311. The van der Waals surface area contributed by atoms with Crippen LogP contribution in [0.15, 0.2) is 0 Å². The van der Waals surface area contributed by atoms with Crippen LogP contribution in [0.4, 0.5) is 0 Å². The van der Waals surface area contributed by atoms with E-state index in [2.05, 4.69) is 10.6 Å². The zero-order valence-corrected chi connectivity index (χ0v) is 13.2. The Balaban J connectivity index is 2.71. The minimum absolute atomic E-state index is 0.0424. The van der Waals surface area contributed by atoms with Crippen molar-refractivity contribution in [1.29, 1.82) is 0 Å². The molecule has 0 aromatic carbocycles. The van der Waals surface area contributed by atoms with Crippen molar-refractivity contribution in [2.24, 2.45) is 23.2 Å². The monoisotopic (exact) mass is 284 g/mol. The molecule has 0 spiro atoms. The quantitative estimate of drug-likeness (QED) is 0.714. The lowest BCUT2D eigenvalue weighted by Crippen LogP contribution is -2.53. The molecule has 1 aliphatic carbocycles. The number of rotatable bonds is 5. The van der Waals surface area contributed by atoms with Gasteiger partial charge in [0.2, 0.25) is 5.91 Å². The molecule has 1 amide bonds. The summed E-state index contributed by atoms with van der Waals surface area (Å²) in [7, 11) is 1.83. The van der Waals surface area contributed by atoms with Crippen molar-refractivity contribution >= 4 is 11.9 Å². The van der Waals surface area contributed by atoms with E-state index in [-0.39, 0.29) is 35.1 Å². The second-order valence-corrected chi connectivity index (χ2v) is 6.65. The number of hydrogen-bond donors (Lipinski definition) is 3. The van der Waals surface area contributed by atoms with Crippen LogP contribution in [-0.2, 0) is 9.59 Å². The molecule has 1 rings (SSSR count). The van der Waals surface area contributed by atoms with Crippen molar-refractivity contribution in [2.45, 2.75) is 46.6 Å². The summed E-state index contributed by atoms with van der Waals surface area (Å²) in [6.45, 7) is 8.57. The molecule has 4 unspecified atom stereocenters. The summed E-state index contributed by atoms with van der Waals surface area (Å²) < 4.78 is 0. The Labute approximate surface area is 121 Å². The van der Waals surface area contributed by atoms with Gasteiger partial charge in [0.1, 0.15) is 0 Å². The third kappa shape index (κ3) is 3.51. The zero-order chi connectivity index (χ0) is 15.5. The van der Waals surface area contributed by atoms with Gasteiger partial charge in [-0.2, -0.15) is 0 Å². The van der Waals surface area contributed by atoms with Gasteiger partial charge in [0.05, 0.1) is 5.92 Å². The van der Waals surface area contributed by atoms with E-state index in [0.29, 0.717) is 13.0 Å². The van der Waals surface area contributed by atoms with Gasteiger partial charge >= 0.3 is 5.97 Å². The number of carboxylic acids is 1. The highest BCUT2D eigenvalue weighted by Crippen LogP contribution is 2.45. The van der Waals surface area contributed by atoms with Gasteiger partial charge in [0.25, 0.3) is 0 Å². The fourth-order valence-corrected chi connectivity index (χ4v) is 3.17. The summed E-state index contributed by atoms with van der Waals surface area (Å²) >= 11 is 0. The minimum Gasteiger partial charge on any atom is -0.481 e. The lowest BCUT2D eigenvalue weighted by molar-refractivity contribution is -0.150. The largest absolute Gasteiger partial charge is 0.481 e. The van der Waals surface area contributed by atoms with Crippen LogP contribution < -0.4 is 10.6 Å². The molecule has 0 heterocycles. The van der Waals surface area contributed by atoms with Gasteiger partial charge in [-0.25, -0.2) is 0 Å². The fourth-order valence-electron chi connectivity index (χ4n) is 3.17. The molecule has 116 valence electrons. The van der Waals surface area contributed by atoms with Crippen molar-refractivity contribution in [3.05, 3.63) is 0 Å². The predicted octanol–water partition coefficient (Wildman–Crippen LogP) is 1.48. The average molecular weight is 284 g/mol. The van der Waals surface area contributed by atoms with Crippen LogP contribution in [0.25, 0.3) is 0 Å². The summed E-state index contributed by atoms with van der Waals surface area (Å²) in [6.07, 6.45) is 1.36. The normalized spacial score (nSPS) is 30.6. The van der Waals surface area contributed by atoms with Crippen LogP contribution in [0.1, 0.15) is 40.5 Å². The number of carbonyl (C=O) groups is 2. The molecular weight excluding hydrogens is 256 g/mol. The molecular formula is C15H28N2O3. The lowest BCUT2D eigenvalue weighted by atomic mass is 9.61. The third-order valence-electron chi connectivity index (χ3n) is 5.03. The first-order chi connectivity index (χ1) is 9.21. The van der Waals surface area contributed by atoms with Crippen LogP contribution in [0, 0.1) is 23.2 Å². The first-order valence-electron chi connectivity index (χ1n) is 7.39. The van der Waals surface area contributed by atoms with Gasteiger partial charge in [0, 0.05) is 18.5 Å². The Kier molecular flexibility index (Phi) is 5.57. The van der Waals surface area contributed by atoms with Gasteiger partial charge in [-0.3, -0.25) is 9.59 Å². The van der Waals surface area contributed by atoms with Crippen LogP contribution in [0.2, 0.25) is 0 Å². The Morgan fingerprint density at radius 2 is 1.95 bits per heavy atom. The molecule has 1 fully saturated rings. The van der Waals surface area contributed by atoms with Gasteiger partial charge in [-0.1, -0.05) is 27.7 Å². The summed E-state index contributed by atoms with van der Waals surface area (Å²) in [4.78, 5) is 23.4. The van der Waals surface area contributed by atoms with Gasteiger partial charge in [-0.05, 0) is 31.2 Å². The van der Waals surface area contributed by atoms with Crippen LogP contribution in [-0.4, -0.2) is 36.6 Å². The van der Waals surface area contributed by atoms with E-state index in [4.69, 9.17) is 0 Å². The SMILES string of the molecule is CNCC(C)C(=O)NC1CCC(C(=O)O)C(C)(C)C1C. The first-order valence-corrected chi connectivity index (χ1v) is 7.39. The molecule has 0 bridgehead atoms. The van der Waals surface area contributed by atoms with Crippen molar-refractivity contribution in [1.82, 2.24) is 10.6 Å². The maximum Gasteiger partial charge on any atom is 0.307 e. The smallest absolute Gasteiger partial charge is 0.307 e. The third-order valence-corrected chi connectivity index (χ3v) is 5.03. The maximum atomic E-state index is 12.1. The average Bonchev–Trinajstić information content (AvgIpc) is 2.34. The standard InChI is InChI=1S/C15H28N2O3/c1-9(8-16-5)13(18)17-12-7-6-11(14(19)20)15(3,4)10(12)2/h9-12,16H,6-8H2,1-5H3,(H,17,18)(H,19,20). The molecule has 1 saturated carbocycles. The lowest BCUT2D eigenvalue weighted by Gasteiger charge is -2.46. The van der Waals surface area contributed by atoms with E-state index in [9.17, 15) is 14.7 Å². The van der Waals surface area contributed by atoms with Crippen molar-refractivity contribution < 1.29 is 14.7 Å². The molecule has 3 N–H and O–H groups in total. The number of nitrogens with one attached hydrogen (secondary N) is 2. The zero-order valence-electron chi connectivity index (χ0n) is 13.2. The molecule has 0 aromatic heterocycles. The van der Waals surface area contributed by atoms with Gasteiger partial charge < -0.3 is 15.7 Å². The Morgan fingerprint density at radius 3 is 2.45 bits per heavy atom. The molecule has 20 heavy (non-hydrogen) atoms. The predicted molar refractivity (Wildman–Crippen MR) is 78.3 cm³/mol. The van der Waals surface area contributed by atoms with E-state index in [1.54, 1.807) is 0 Å². The van der Waals surface area contributed by atoms with E-state index in [1.807, 2.05) is 34.7 Å². The first kappa shape index (κ1) is 17.0. The van der Waals surface area contributed by atoms with Gasteiger partial charge in [-0.15, -0.1) is 0 Å². The van der Waals surface area contributed by atoms with Crippen LogP contribution >= 0.6 is 0 Å². The number of hydrogen-bond acceptors (Lipinski definition) is 3. The van der Waals surface area contributed by atoms with E-state index in [0.717, 1.165) is 6.42 Å². The van der Waals surface area contributed by atoms with Gasteiger partial charge in [0.15, 0.2) is 0 Å². The van der Waals surface area contributed by atoms with Crippen LogP contribution in [0.3, 0.4) is 0 Å². The highest BCUT2D eigenvalue weighted by Gasteiger charge is 2.46. The number of aliphatic carboxylic acids is 1. The van der Waals surface area contributed by atoms with Crippen molar-refractivity contribution in [3.8, 4) is 0 Å². The van der Waals surface area contributed by atoms with Crippen LogP contribution in [0.5, 0.6) is 0 Å². The number of carbonyl (C=O) groups excluding carboxylic acids is 1. The molecule has 0 aromatic rings. The molecule has 5 heteroatoms. The Morgan fingerprint density at radius 1 is 1.35 bits per heavy atom. The fraction of sp³-hybridized carbons (Fsp3) is 0.867. The second kappa shape index (κ2) is 6.57. The number of amides is 1. The number of carboxylic acid groups (broad SMARTS) is 1. The van der Waals surface area contributed by atoms with Crippen molar-refractivity contribution in [3.63, 3.8) is 0 Å². The van der Waals surface area contributed by atoms with E-state index in [1.165, 1.54) is 0 Å². The molecule has 1 aliphatic rings.